The van der Waals surface area contributed by atoms with Crippen LogP contribution in [0, 0.1) is 0 Å². The summed E-state index contributed by atoms with van der Waals surface area (Å²) in [4.78, 5) is 25.4. The van der Waals surface area contributed by atoms with Crippen molar-refractivity contribution in [1.29, 1.82) is 0 Å². The second kappa shape index (κ2) is 7.33. The van der Waals surface area contributed by atoms with E-state index in [9.17, 15) is 9.59 Å². The molecule has 1 saturated heterocycles. The zero-order chi connectivity index (χ0) is 13.5. The first-order valence-corrected chi connectivity index (χ1v) is 6.38. The summed E-state index contributed by atoms with van der Waals surface area (Å²) < 4.78 is 4.93. The van der Waals surface area contributed by atoms with Gasteiger partial charge in [-0.2, -0.15) is 0 Å². The second-order valence-corrected chi connectivity index (χ2v) is 4.55. The van der Waals surface area contributed by atoms with Crippen LogP contribution < -0.4 is 11.1 Å². The fraction of sp³-hybridized carbons (Fsp3) is 0.833. The fourth-order valence-corrected chi connectivity index (χ4v) is 2.25. The molecule has 0 aromatic heterocycles. The Kier molecular flexibility index (Phi) is 6.07. The summed E-state index contributed by atoms with van der Waals surface area (Å²) in [6.07, 6.45) is 2.91. The van der Waals surface area contributed by atoms with Gasteiger partial charge in [-0.25, -0.2) is 0 Å². The molecule has 18 heavy (non-hydrogen) atoms. The Hall–Kier alpha value is -1.14. The van der Waals surface area contributed by atoms with Crippen molar-refractivity contribution < 1.29 is 14.3 Å². The van der Waals surface area contributed by atoms with E-state index < -0.39 is 6.04 Å². The average Bonchev–Trinajstić information content (AvgIpc) is 2.86. The van der Waals surface area contributed by atoms with Gasteiger partial charge >= 0.3 is 0 Å². The van der Waals surface area contributed by atoms with Gasteiger partial charge in [0, 0.05) is 27.3 Å². The summed E-state index contributed by atoms with van der Waals surface area (Å²) in [6.45, 7) is 1.22. The van der Waals surface area contributed by atoms with E-state index in [4.69, 9.17) is 10.5 Å². The summed E-state index contributed by atoms with van der Waals surface area (Å²) in [5, 5.41) is 2.59. The van der Waals surface area contributed by atoms with E-state index in [1.807, 2.05) is 0 Å². The van der Waals surface area contributed by atoms with Crippen LogP contribution in [0.2, 0.25) is 0 Å². The molecule has 0 bridgehead atoms. The van der Waals surface area contributed by atoms with E-state index >= 15 is 0 Å². The Morgan fingerprint density at radius 2 is 2.28 bits per heavy atom. The fourth-order valence-electron chi connectivity index (χ4n) is 2.25. The predicted octanol–water partition coefficient (Wildman–Crippen LogP) is -0.523. The maximum absolute atomic E-state index is 12.2. The van der Waals surface area contributed by atoms with Crippen LogP contribution in [-0.2, 0) is 14.3 Å². The number of nitrogens with one attached hydrogen (secondary N) is 1. The van der Waals surface area contributed by atoms with E-state index in [-0.39, 0.29) is 17.9 Å². The first-order valence-electron chi connectivity index (χ1n) is 6.38. The van der Waals surface area contributed by atoms with Gasteiger partial charge in [-0.1, -0.05) is 0 Å². The number of carbonyl (C=O) groups is 2. The van der Waals surface area contributed by atoms with Crippen LogP contribution in [0.15, 0.2) is 0 Å². The highest BCUT2D eigenvalue weighted by Gasteiger charge is 2.35. The molecule has 0 spiro atoms. The average molecular weight is 257 g/mol. The number of hydrogen-bond donors (Lipinski definition) is 2. The third kappa shape index (κ3) is 3.68. The van der Waals surface area contributed by atoms with Gasteiger partial charge in [0.2, 0.25) is 11.8 Å². The van der Waals surface area contributed by atoms with Gasteiger partial charge in [0.15, 0.2) is 0 Å². The molecule has 0 radical (unpaired) electrons. The Morgan fingerprint density at radius 3 is 2.89 bits per heavy atom. The molecule has 2 amide bonds. The smallest absolute Gasteiger partial charge is 0.242 e. The van der Waals surface area contributed by atoms with Crippen molar-refractivity contribution in [3.8, 4) is 0 Å². The highest BCUT2D eigenvalue weighted by Crippen LogP contribution is 2.18. The van der Waals surface area contributed by atoms with Crippen LogP contribution in [0.4, 0.5) is 0 Å². The summed E-state index contributed by atoms with van der Waals surface area (Å²) in [6, 6.07) is -0.888. The molecule has 0 aromatic rings. The first-order chi connectivity index (χ1) is 8.61. The van der Waals surface area contributed by atoms with Gasteiger partial charge < -0.3 is 20.7 Å². The number of nitrogens with two attached hydrogens (primary N) is 1. The maximum Gasteiger partial charge on any atom is 0.242 e. The molecule has 6 heteroatoms. The van der Waals surface area contributed by atoms with Gasteiger partial charge in [0.25, 0.3) is 0 Å². The standard InChI is InChI=1S/C12H23N3O3/c1-14-11(16)10-6-3-7-15(10)12(17)9(13)5-4-8-18-2/h9-10H,3-8,13H2,1-2H3,(H,14,16). The van der Waals surface area contributed by atoms with Crippen molar-refractivity contribution in [3.63, 3.8) is 0 Å². The summed E-state index contributed by atoms with van der Waals surface area (Å²) >= 11 is 0. The molecule has 2 atom stereocenters. The van der Waals surface area contributed by atoms with E-state index in [1.54, 1.807) is 19.1 Å². The van der Waals surface area contributed by atoms with Crippen LogP contribution >= 0.6 is 0 Å². The molecule has 0 saturated carbocycles. The van der Waals surface area contributed by atoms with Crippen molar-refractivity contribution in [2.75, 3.05) is 27.3 Å². The van der Waals surface area contributed by atoms with Crippen molar-refractivity contribution in [1.82, 2.24) is 10.2 Å². The van der Waals surface area contributed by atoms with Crippen LogP contribution in [0.1, 0.15) is 25.7 Å². The van der Waals surface area contributed by atoms with E-state index in [1.165, 1.54) is 0 Å². The molecule has 104 valence electrons. The van der Waals surface area contributed by atoms with Gasteiger partial charge in [-0.3, -0.25) is 9.59 Å². The third-order valence-electron chi connectivity index (χ3n) is 3.27. The summed E-state index contributed by atoms with van der Waals surface area (Å²) in [7, 11) is 3.21. The molecule has 1 rings (SSSR count). The van der Waals surface area contributed by atoms with Crippen molar-refractivity contribution in [2.45, 2.75) is 37.8 Å². The lowest BCUT2D eigenvalue weighted by molar-refractivity contribution is -0.139. The number of rotatable bonds is 6. The van der Waals surface area contributed by atoms with Gasteiger partial charge in [0.1, 0.15) is 6.04 Å². The molecule has 6 nitrogen and oxygen atoms in total. The van der Waals surface area contributed by atoms with E-state index in [2.05, 4.69) is 5.32 Å². The second-order valence-electron chi connectivity index (χ2n) is 4.55. The van der Waals surface area contributed by atoms with Crippen LogP contribution in [-0.4, -0.2) is 56.1 Å². The van der Waals surface area contributed by atoms with Crippen molar-refractivity contribution in [3.05, 3.63) is 0 Å². The number of nitrogens with zero attached hydrogens (tertiary/aromatic N) is 1. The Balaban J connectivity index is 2.51. The minimum Gasteiger partial charge on any atom is -0.385 e. The van der Waals surface area contributed by atoms with Crippen molar-refractivity contribution >= 4 is 11.8 Å². The quantitative estimate of drug-likeness (QED) is 0.627. The third-order valence-corrected chi connectivity index (χ3v) is 3.27. The number of hydrogen-bond acceptors (Lipinski definition) is 4. The lowest BCUT2D eigenvalue weighted by atomic mass is 10.1. The molecule has 3 N–H and O–H groups in total. The Labute approximate surface area is 108 Å². The number of amides is 2. The molecule has 1 heterocycles. The van der Waals surface area contributed by atoms with E-state index in [0.717, 1.165) is 19.3 Å². The lowest BCUT2D eigenvalue weighted by Crippen LogP contribution is -2.50. The maximum atomic E-state index is 12.2. The zero-order valence-electron chi connectivity index (χ0n) is 11.1. The van der Waals surface area contributed by atoms with Crippen LogP contribution in [0.3, 0.4) is 0 Å². The van der Waals surface area contributed by atoms with Crippen LogP contribution in [0.25, 0.3) is 0 Å². The molecule has 2 unspecified atom stereocenters. The van der Waals surface area contributed by atoms with Gasteiger partial charge in [-0.05, 0) is 25.7 Å². The highest BCUT2D eigenvalue weighted by molar-refractivity contribution is 5.90. The normalized spacial score (nSPS) is 20.8. The summed E-state index contributed by atoms with van der Waals surface area (Å²) in [5.74, 6) is -0.234. The molecular formula is C12H23N3O3. The molecule has 0 aromatic carbocycles. The van der Waals surface area contributed by atoms with Crippen LogP contribution in [0.5, 0.6) is 0 Å². The molecule has 1 fully saturated rings. The number of likely N-dealkylation sites (N-methyl/N-ethyl adjacent to an activating group) is 1. The molecular weight excluding hydrogens is 234 g/mol. The highest BCUT2D eigenvalue weighted by atomic mass is 16.5. The number of likely N-dealkylation sites (tertiary alicyclic amines) is 1. The first kappa shape index (κ1) is 14.9. The largest absolute Gasteiger partial charge is 0.385 e. The number of ether oxygens (including phenoxy) is 1. The molecule has 1 aliphatic heterocycles. The summed E-state index contributed by atoms with van der Waals surface area (Å²) in [5.41, 5.74) is 5.86. The Morgan fingerprint density at radius 1 is 1.56 bits per heavy atom. The Bertz CT molecular complexity index is 296. The SMILES string of the molecule is CNC(=O)C1CCCN1C(=O)C(N)CCCOC. The topological polar surface area (TPSA) is 84.7 Å². The number of carbonyl (C=O) groups excluding carboxylic acids is 2. The van der Waals surface area contributed by atoms with Gasteiger partial charge in [0.05, 0.1) is 6.04 Å². The van der Waals surface area contributed by atoms with Gasteiger partial charge in [-0.15, -0.1) is 0 Å². The lowest BCUT2D eigenvalue weighted by Gasteiger charge is -2.26. The molecule has 0 aliphatic carbocycles. The predicted molar refractivity (Wildman–Crippen MR) is 67.9 cm³/mol. The van der Waals surface area contributed by atoms with Crippen molar-refractivity contribution in [2.24, 2.45) is 5.73 Å². The monoisotopic (exact) mass is 257 g/mol. The minimum atomic E-state index is -0.537. The zero-order valence-corrected chi connectivity index (χ0v) is 11.1. The minimum absolute atomic E-state index is 0.107. The number of methoxy groups -OCH3 is 1. The van der Waals surface area contributed by atoms with E-state index in [0.29, 0.717) is 19.6 Å². The molecule has 1 aliphatic rings.